The molecule has 248 valence electrons. The summed E-state index contributed by atoms with van der Waals surface area (Å²) in [5.74, 6) is 2.95. The van der Waals surface area contributed by atoms with Crippen LogP contribution in [0.2, 0.25) is 0 Å². The SMILES string of the molecule is CNc1ccccc1OC.COc1cc2c(Nc3ccc(N)c(SC)c3)ncnc2cc1OCCCN1CCN(C)CC1.NC=O. The summed E-state index contributed by atoms with van der Waals surface area (Å²) in [6.07, 6.45) is 4.78. The van der Waals surface area contributed by atoms with Crippen molar-refractivity contribution >= 4 is 52.0 Å². The molecule has 5 rings (SSSR count). The van der Waals surface area contributed by atoms with E-state index in [1.165, 1.54) is 0 Å². The quantitative estimate of drug-likeness (QED) is 0.0780. The molecule has 12 nitrogen and oxygen atoms in total. The number of nitrogen functional groups attached to an aromatic ring is 1. The van der Waals surface area contributed by atoms with E-state index in [1.54, 1.807) is 32.3 Å². The van der Waals surface area contributed by atoms with Gasteiger partial charge in [-0.05, 0) is 56.1 Å². The fourth-order valence-corrected chi connectivity index (χ4v) is 5.30. The molecule has 13 heteroatoms. The minimum atomic E-state index is 0.250. The number of ether oxygens (including phenoxy) is 3. The minimum Gasteiger partial charge on any atom is -0.495 e. The first-order chi connectivity index (χ1) is 22.4. The van der Waals surface area contributed by atoms with Crippen molar-refractivity contribution < 1.29 is 19.0 Å². The Kier molecular flexibility index (Phi) is 15.0. The fourth-order valence-electron chi connectivity index (χ4n) is 4.75. The summed E-state index contributed by atoms with van der Waals surface area (Å²) in [4.78, 5) is 23.4. The van der Waals surface area contributed by atoms with Crippen LogP contribution in [0.15, 0.2) is 65.8 Å². The third-order valence-electron chi connectivity index (χ3n) is 7.27. The van der Waals surface area contributed by atoms with Gasteiger partial charge in [0.05, 0.1) is 32.0 Å². The zero-order chi connectivity index (χ0) is 33.3. The molecular weight excluding hydrogens is 604 g/mol. The number of likely N-dealkylation sites (N-methyl/N-ethyl adjacent to an activating group) is 1. The van der Waals surface area contributed by atoms with E-state index >= 15 is 0 Å². The topological polar surface area (TPSA) is 153 Å². The Morgan fingerprint density at radius 2 is 1.70 bits per heavy atom. The number of methoxy groups -OCH3 is 2. The number of nitrogens with one attached hydrogen (secondary N) is 2. The summed E-state index contributed by atoms with van der Waals surface area (Å²) in [6, 6.07) is 17.5. The third-order valence-corrected chi connectivity index (χ3v) is 8.06. The van der Waals surface area contributed by atoms with Gasteiger partial charge >= 0.3 is 0 Å². The van der Waals surface area contributed by atoms with Gasteiger partial charge in [0.1, 0.15) is 17.9 Å². The molecule has 46 heavy (non-hydrogen) atoms. The summed E-state index contributed by atoms with van der Waals surface area (Å²) in [5.41, 5.74) is 13.7. The highest BCUT2D eigenvalue weighted by Gasteiger charge is 2.15. The number of rotatable bonds is 11. The highest BCUT2D eigenvalue weighted by atomic mass is 32.2. The molecule has 0 saturated carbocycles. The Hall–Kier alpha value is -4.46. The van der Waals surface area contributed by atoms with Crippen molar-refractivity contribution in [1.82, 2.24) is 19.8 Å². The normalized spacial score (nSPS) is 13.0. The Morgan fingerprint density at radius 3 is 2.35 bits per heavy atom. The van der Waals surface area contributed by atoms with Crippen LogP contribution in [0.5, 0.6) is 17.2 Å². The number of primary amides is 1. The Bertz CT molecular complexity index is 1500. The predicted octanol–water partition coefficient (Wildman–Crippen LogP) is 4.54. The van der Waals surface area contributed by atoms with E-state index in [4.69, 9.17) is 24.7 Å². The van der Waals surface area contributed by atoms with Crippen LogP contribution >= 0.6 is 11.8 Å². The van der Waals surface area contributed by atoms with Gasteiger partial charge in [0, 0.05) is 67.5 Å². The molecule has 1 aromatic heterocycles. The minimum absolute atomic E-state index is 0.250. The molecule has 3 aromatic carbocycles. The molecule has 0 bridgehead atoms. The Balaban J connectivity index is 0.000000371. The van der Waals surface area contributed by atoms with E-state index in [2.05, 4.69) is 43.2 Å². The van der Waals surface area contributed by atoms with Crippen molar-refractivity contribution in [3.05, 3.63) is 60.9 Å². The van der Waals surface area contributed by atoms with Crippen LogP contribution < -0.4 is 36.3 Å². The predicted molar refractivity (Wildman–Crippen MR) is 189 cm³/mol. The molecule has 0 atom stereocenters. The highest BCUT2D eigenvalue weighted by Crippen LogP contribution is 2.35. The van der Waals surface area contributed by atoms with Crippen molar-refractivity contribution in [2.24, 2.45) is 5.73 Å². The maximum Gasteiger partial charge on any atom is 0.204 e. The lowest BCUT2D eigenvalue weighted by Crippen LogP contribution is -2.44. The number of thioether (sulfide) groups is 1. The number of piperazine rings is 1. The standard InChI is InChI=1S/C24H32N6O2S.C8H11NO.CH3NO/c1-29-8-10-30(11-9-29)7-4-12-32-22-15-20-18(14-21(22)31-2)24(27-16-26-20)28-17-5-6-19(25)23(13-17)33-3;1-9-7-5-3-4-6-8(7)10-2;2-1-3/h5-6,13-16H,4,7-12,25H2,1-3H3,(H,26,27,28);3-6,9H,1-2H3;1H,(H2,2,3). The second kappa shape index (κ2) is 19.1. The molecule has 2 heterocycles. The van der Waals surface area contributed by atoms with Gasteiger partial charge in [-0.3, -0.25) is 4.79 Å². The molecule has 4 aromatic rings. The van der Waals surface area contributed by atoms with Gasteiger partial charge in [-0.2, -0.15) is 0 Å². The van der Waals surface area contributed by atoms with Crippen LogP contribution in [0.4, 0.5) is 22.9 Å². The summed E-state index contributed by atoms with van der Waals surface area (Å²) in [7, 11) is 7.36. The number of hydrogen-bond acceptors (Lipinski definition) is 12. The van der Waals surface area contributed by atoms with Gasteiger partial charge in [-0.15, -0.1) is 11.8 Å². The zero-order valence-electron chi connectivity index (χ0n) is 27.3. The number of nitrogens with zero attached hydrogens (tertiary/aromatic N) is 4. The van der Waals surface area contributed by atoms with Crippen LogP contribution in [0.1, 0.15) is 6.42 Å². The lowest BCUT2D eigenvalue weighted by atomic mass is 10.2. The molecule has 1 fully saturated rings. The van der Waals surface area contributed by atoms with Crippen molar-refractivity contribution in [3.8, 4) is 17.2 Å². The monoisotopic (exact) mass is 650 g/mol. The van der Waals surface area contributed by atoms with Crippen molar-refractivity contribution in [2.75, 3.05) is 90.3 Å². The molecule has 0 unspecified atom stereocenters. The van der Waals surface area contributed by atoms with Gasteiger partial charge < -0.3 is 46.1 Å². The Labute approximate surface area is 275 Å². The third kappa shape index (κ3) is 10.6. The second-order valence-corrected chi connectivity index (χ2v) is 11.1. The number of benzene rings is 3. The van der Waals surface area contributed by atoms with Crippen molar-refractivity contribution in [3.63, 3.8) is 0 Å². The van der Waals surface area contributed by atoms with Gasteiger partial charge in [0.2, 0.25) is 6.41 Å². The largest absolute Gasteiger partial charge is 0.495 e. The molecule has 0 spiro atoms. The highest BCUT2D eigenvalue weighted by molar-refractivity contribution is 7.98. The Morgan fingerprint density at radius 1 is 0.978 bits per heavy atom. The number of hydrogen-bond donors (Lipinski definition) is 4. The van der Waals surface area contributed by atoms with E-state index in [-0.39, 0.29) is 6.41 Å². The molecule has 0 radical (unpaired) electrons. The van der Waals surface area contributed by atoms with Crippen LogP contribution in [0.3, 0.4) is 0 Å². The molecule has 1 saturated heterocycles. The number of carbonyl (C=O) groups excluding carboxylic acids is 1. The summed E-state index contributed by atoms with van der Waals surface area (Å²) >= 11 is 1.61. The van der Waals surface area contributed by atoms with Crippen molar-refractivity contribution in [1.29, 1.82) is 0 Å². The number of aromatic nitrogens is 2. The number of amides is 1. The number of nitrogens with two attached hydrogens (primary N) is 2. The van der Waals surface area contributed by atoms with Crippen LogP contribution in [-0.2, 0) is 4.79 Å². The average Bonchev–Trinajstić information content (AvgIpc) is 3.08. The van der Waals surface area contributed by atoms with E-state index in [9.17, 15) is 0 Å². The van der Waals surface area contributed by atoms with E-state index in [1.807, 2.05) is 67.9 Å². The van der Waals surface area contributed by atoms with Crippen LogP contribution in [0.25, 0.3) is 10.9 Å². The zero-order valence-corrected chi connectivity index (χ0v) is 28.1. The van der Waals surface area contributed by atoms with E-state index < -0.39 is 0 Å². The maximum absolute atomic E-state index is 8.58. The number of fused-ring (bicyclic) bond motifs is 1. The first-order valence-corrected chi connectivity index (χ1v) is 16.1. The van der Waals surface area contributed by atoms with Gasteiger partial charge in [-0.1, -0.05) is 12.1 Å². The molecule has 1 amide bonds. The van der Waals surface area contributed by atoms with Crippen LogP contribution in [0, 0.1) is 0 Å². The average molecular weight is 651 g/mol. The second-order valence-electron chi connectivity index (χ2n) is 10.3. The summed E-state index contributed by atoms with van der Waals surface area (Å²) in [5, 5.41) is 7.27. The smallest absolute Gasteiger partial charge is 0.204 e. The number of anilines is 4. The number of carbonyl (C=O) groups is 1. The molecule has 6 N–H and O–H groups in total. The lowest BCUT2D eigenvalue weighted by Gasteiger charge is -2.32. The van der Waals surface area contributed by atoms with Gasteiger partial charge in [0.15, 0.2) is 11.5 Å². The van der Waals surface area contributed by atoms with Gasteiger partial charge in [-0.25, -0.2) is 9.97 Å². The maximum atomic E-state index is 8.58. The lowest BCUT2D eigenvalue weighted by molar-refractivity contribution is -0.106. The van der Waals surface area contributed by atoms with E-state index in [0.29, 0.717) is 23.9 Å². The van der Waals surface area contributed by atoms with Gasteiger partial charge in [0.25, 0.3) is 0 Å². The van der Waals surface area contributed by atoms with Crippen LogP contribution in [-0.4, -0.2) is 100 Å². The molecular formula is C33H46N8O4S. The number of para-hydroxylation sites is 2. The molecule has 0 aliphatic carbocycles. The van der Waals surface area contributed by atoms with E-state index in [0.717, 1.165) is 77.8 Å². The fraction of sp³-hybridized carbons (Fsp3) is 0.364. The van der Waals surface area contributed by atoms with Crippen molar-refractivity contribution in [2.45, 2.75) is 11.3 Å². The summed E-state index contributed by atoms with van der Waals surface area (Å²) in [6.45, 7) is 6.17. The first kappa shape index (κ1) is 36.0. The molecule has 1 aliphatic rings. The molecule has 1 aliphatic heterocycles. The summed E-state index contributed by atoms with van der Waals surface area (Å²) < 4.78 is 16.8. The first-order valence-electron chi connectivity index (χ1n) is 14.9.